The number of carbonyl (C=O) groups excluding carboxylic acids is 6. The third-order valence-electron chi connectivity index (χ3n) is 7.13. The Balaban J connectivity index is 1.63. The molecule has 0 spiro atoms. The zero-order chi connectivity index (χ0) is 30.3. The molecule has 6 amide bonds. The van der Waals surface area contributed by atoms with Gasteiger partial charge in [-0.05, 0) is 37.5 Å². The molecule has 2 aliphatic rings. The zero-order valence-corrected chi connectivity index (χ0v) is 22.7. The van der Waals surface area contributed by atoms with Crippen molar-refractivity contribution in [1.29, 1.82) is 0 Å². The number of aliphatic hydroxyl groups excluding tert-OH is 1. The summed E-state index contributed by atoms with van der Waals surface area (Å²) in [6.07, 6.45) is -0.107. The van der Waals surface area contributed by atoms with E-state index in [9.17, 15) is 39.0 Å². The Morgan fingerprint density at radius 2 is 1.73 bits per heavy atom. The maximum atomic E-state index is 13.5. The highest BCUT2D eigenvalue weighted by molar-refractivity contribution is 5.96. The van der Waals surface area contributed by atoms with Crippen molar-refractivity contribution < 1.29 is 39.0 Å². The van der Waals surface area contributed by atoms with Gasteiger partial charge in [0.05, 0.1) is 19.2 Å². The summed E-state index contributed by atoms with van der Waals surface area (Å²) < 4.78 is 0. The Labute approximate surface area is 236 Å². The number of nitrogens with zero attached hydrogens (tertiary/aromatic N) is 2. The smallest absolute Gasteiger partial charge is 0.246 e. The Kier molecular flexibility index (Phi) is 10.6. The fourth-order valence-electron chi connectivity index (χ4n) is 4.96. The molecule has 15 nitrogen and oxygen atoms in total. The van der Waals surface area contributed by atoms with Crippen LogP contribution in [0, 0.1) is 0 Å². The summed E-state index contributed by atoms with van der Waals surface area (Å²) in [4.78, 5) is 77.9. The summed E-state index contributed by atoms with van der Waals surface area (Å²) in [6, 6.07) is 2.12. The molecule has 5 atom stereocenters. The van der Waals surface area contributed by atoms with Gasteiger partial charge in [-0.3, -0.25) is 28.8 Å². The maximum absolute atomic E-state index is 13.5. The average molecular weight is 576 g/mol. The molecule has 41 heavy (non-hydrogen) atoms. The molecule has 0 aliphatic carbocycles. The van der Waals surface area contributed by atoms with E-state index in [1.165, 1.54) is 28.9 Å². The minimum atomic E-state index is -1.06. The third kappa shape index (κ3) is 8.14. The van der Waals surface area contributed by atoms with Gasteiger partial charge >= 0.3 is 0 Å². The predicted octanol–water partition coefficient (Wildman–Crippen LogP) is -3.56. The quantitative estimate of drug-likeness (QED) is 0.138. The van der Waals surface area contributed by atoms with E-state index < -0.39 is 72.3 Å². The van der Waals surface area contributed by atoms with E-state index in [-0.39, 0.29) is 38.2 Å². The van der Waals surface area contributed by atoms with Crippen LogP contribution in [0.2, 0.25) is 0 Å². The largest absolute Gasteiger partial charge is 0.508 e. The van der Waals surface area contributed by atoms with Gasteiger partial charge in [0.15, 0.2) is 0 Å². The Bertz CT molecular complexity index is 1160. The van der Waals surface area contributed by atoms with Gasteiger partial charge < -0.3 is 47.4 Å². The number of β-amino-alcohol motifs (C(OH)–C–C–N with tert-alkyl or cyclic N) is 1. The third-order valence-corrected chi connectivity index (χ3v) is 7.13. The summed E-state index contributed by atoms with van der Waals surface area (Å²) >= 11 is 0. The number of hydrogen-bond acceptors (Lipinski definition) is 9. The molecule has 224 valence electrons. The van der Waals surface area contributed by atoms with Crippen molar-refractivity contribution in [2.45, 2.75) is 62.9 Å². The van der Waals surface area contributed by atoms with Crippen LogP contribution in [-0.4, -0.2) is 112 Å². The first-order valence-corrected chi connectivity index (χ1v) is 13.3. The highest BCUT2D eigenvalue weighted by Crippen LogP contribution is 2.25. The molecule has 2 aliphatic heterocycles. The minimum Gasteiger partial charge on any atom is -0.508 e. The van der Waals surface area contributed by atoms with Crippen molar-refractivity contribution in [2.75, 3.05) is 26.2 Å². The van der Waals surface area contributed by atoms with E-state index in [0.717, 1.165) is 0 Å². The summed E-state index contributed by atoms with van der Waals surface area (Å²) in [5.41, 5.74) is 11.4. The SMILES string of the molecule is CC(NC(=O)CN)C(=O)NCC(=O)N1C[C@@H](O)C[C@@H]1C(=O)N1CCCC1C(=O)NC(Cc1ccc(O)cc1)C(N)=O. The number of aromatic hydroxyl groups is 1. The van der Waals surface area contributed by atoms with Gasteiger partial charge in [0, 0.05) is 25.9 Å². The topological polar surface area (TPSA) is 237 Å². The first kappa shape index (κ1) is 31.3. The van der Waals surface area contributed by atoms with Crippen LogP contribution in [0.25, 0.3) is 0 Å². The number of primary amides is 1. The number of nitrogens with two attached hydrogens (primary N) is 2. The van der Waals surface area contributed by atoms with Crippen LogP contribution in [0.4, 0.5) is 0 Å². The molecule has 1 aromatic carbocycles. The molecule has 1 aromatic rings. The van der Waals surface area contributed by atoms with Crippen LogP contribution in [0.5, 0.6) is 5.75 Å². The van der Waals surface area contributed by atoms with Gasteiger partial charge in [0.25, 0.3) is 0 Å². The summed E-state index contributed by atoms with van der Waals surface area (Å²) in [6.45, 7) is 0.750. The lowest BCUT2D eigenvalue weighted by molar-refractivity contribution is -0.146. The number of hydrogen-bond donors (Lipinski definition) is 7. The van der Waals surface area contributed by atoms with E-state index in [0.29, 0.717) is 18.4 Å². The average Bonchev–Trinajstić information content (AvgIpc) is 3.59. The second-order valence-electron chi connectivity index (χ2n) is 10.2. The van der Waals surface area contributed by atoms with Gasteiger partial charge in [0.1, 0.15) is 29.9 Å². The number of phenols is 1. The fraction of sp³-hybridized carbons (Fsp3) is 0.538. The number of benzene rings is 1. The number of amides is 6. The van der Waals surface area contributed by atoms with Gasteiger partial charge in [-0.25, -0.2) is 0 Å². The summed E-state index contributed by atoms with van der Waals surface area (Å²) in [7, 11) is 0. The highest BCUT2D eigenvalue weighted by atomic mass is 16.3. The number of aliphatic hydroxyl groups is 1. The molecule has 0 saturated carbocycles. The maximum Gasteiger partial charge on any atom is 0.246 e. The normalized spacial score (nSPS) is 21.6. The highest BCUT2D eigenvalue weighted by Gasteiger charge is 2.45. The molecular formula is C26H37N7O8. The molecular weight excluding hydrogens is 538 g/mol. The lowest BCUT2D eigenvalue weighted by Crippen LogP contribution is -2.56. The summed E-state index contributed by atoms with van der Waals surface area (Å²) in [5, 5.41) is 27.1. The predicted molar refractivity (Wildman–Crippen MR) is 143 cm³/mol. The van der Waals surface area contributed by atoms with Crippen LogP contribution < -0.4 is 27.4 Å². The van der Waals surface area contributed by atoms with Crippen molar-refractivity contribution in [3.05, 3.63) is 29.8 Å². The lowest BCUT2D eigenvalue weighted by atomic mass is 10.0. The number of rotatable bonds is 11. The second-order valence-corrected chi connectivity index (χ2v) is 10.2. The van der Waals surface area contributed by atoms with E-state index >= 15 is 0 Å². The van der Waals surface area contributed by atoms with Crippen LogP contribution in [0.3, 0.4) is 0 Å². The van der Waals surface area contributed by atoms with Crippen molar-refractivity contribution >= 4 is 35.4 Å². The molecule has 3 unspecified atom stereocenters. The zero-order valence-electron chi connectivity index (χ0n) is 22.7. The molecule has 3 rings (SSSR count). The van der Waals surface area contributed by atoms with Gasteiger partial charge in [-0.1, -0.05) is 12.1 Å². The first-order valence-electron chi connectivity index (χ1n) is 13.3. The van der Waals surface area contributed by atoms with Gasteiger partial charge in [0.2, 0.25) is 35.4 Å². The first-order chi connectivity index (χ1) is 19.4. The lowest BCUT2D eigenvalue weighted by Gasteiger charge is -2.31. The number of nitrogens with one attached hydrogen (secondary N) is 3. The number of phenolic OH excluding ortho intramolecular Hbond substituents is 1. The standard InChI is InChI=1S/C26H37N7O8/c1-14(30-21(36)11-27)24(39)29-12-22(37)33-13-17(35)10-20(33)26(41)32-8-2-3-19(32)25(40)31-18(23(28)38)9-15-4-6-16(34)7-5-15/h4-7,14,17-20,34-35H,2-3,8-13,27H2,1H3,(H2,28,38)(H,29,39)(H,30,36)(H,31,40)/t14?,17-,18?,19?,20+/m0/s1. The van der Waals surface area contributed by atoms with Crippen molar-refractivity contribution in [2.24, 2.45) is 11.5 Å². The minimum absolute atomic E-state index is 0.0446. The molecule has 9 N–H and O–H groups in total. The molecule has 0 bridgehead atoms. The van der Waals surface area contributed by atoms with Crippen molar-refractivity contribution in [3.8, 4) is 5.75 Å². The van der Waals surface area contributed by atoms with E-state index in [1.54, 1.807) is 12.1 Å². The van der Waals surface area contributed by atoms with E-state index in [4.69, 9.17) is 11.5 Å². The molecule has 2 heterocycles. The molecule has 2 fully saturated rings. The molecule has 0 radical (unpaired) electrons. The van der Waals surface area contributed by atoms with Gasteiger partial charge in [-0.2, -0.15) is 0 Å². The van der Waals surface area contributed by atoms with E-state index in [1.807, 2.05) is 0 Å². The van der Waals surface area contributed by atoms with Gasteiger partial charge in [-0.15, -0.1) is 0 Å². The molecule has 15 heteroatoms. The molecule has 2 saturated heterocycles. The monoisotopic (exact) mass is 575 g/mol. The fourth-order valence-corrected chi connectivity index (χ4v) is 4.96. The van der Waals surface area contributed by atoms with E-state index in [2.05, 4.69) is 16.0 Å². The Hall–Kier alpha value is -4.24. The molecule has 0 aromatic heterocycles. The van der Waals surface area contributed by atoms with Crippen LogP contribution in [0.15, 0.2) is 24.3 Å². The number of carbonyl (C=O) groups is 6. The Morgan fingerprint density at radius 1 is 1.05 bits per heavy atom. The van der Waals surface area contributed by atoms with Crippen molar-refractivity contribution in [3.63, 3.8) is 0 Å². The van der Waals surface area contributed by atoms with Crippen LogP contribution in [-0.2, 0) is 35.2 Å². The Morgan fingerprint density at radius 3 is 2.37 bits per heavy atom. The second kappa shape index (κ2) is 13.9. The van der Waals surface area contributed by atoms with Crippen molar-refractivity contribution in [1.82, 2.24) is 25.8 Å². The van der Waals surface area contributed by atoms with Crippen LogP contribution in [0.1, 0.15) is 31.7 Å². The number of likely N-dealkylation sites (tertiary alicyclic amines) is 2. The summed E-state index contributed by atoms with van der Waals surface area (Å²) in [5.74, 6) is -3.61. The van der Waals surface area contributed by atoms with Crippen LogP contribution >= 0.6 is 0 Å².